The lowest BCUT2D eigenvalue weighted by molar-refractivity contribution is -0.144. The van der Waals surface area contributed by atoms with E-state index in [4.69, 9.17) is 22.9 Å². The molecule has 4 unspecified atom stereocenters. The monoisotopic (exact) mass is 550 g/mol. The van der Waals surface area contributed by atoms with E-state index in [1.54, 1.807) is 30.3 Å². The molecule has 1 rings (SSSR count). The molecule has 0 aliphatic carbocycles. The number of primary amides is 1. The van der Waals surface area contributed by atoms with Gasteiger partial charge in [-0.1, -0.05) is 30.3 Å². The van der Waals surface area contributed by atoms with E-state index in [0.29, 0.717) is 0 Å². The van der Waals surface area contributed by atoms with Crippen LogP contribution in [0.3, 0.4) is 0 Å². The molecule has 16 heteroatoms. The first-order valence-electron chi connectivity index (χ1n) is 11.8. The van der Waals surface area contributed by atoms with E-state index in [1.807, 2.05) is 0 Å². The molecular formula is C23H34N8O8. The van der Waals surface area contributed by atoms with Gasteiger partial charge < -0.3 is 49.1 Å². The summed E-state index contributed by atoms with van der Waals surface area (Å²) in [5.41, 5.74) is 22.2. The lowest BCUT2D eigenvalue weighted by atomic mass is 10.0. The van der Waals surface area contributed by atoms with Crippen molar-refractivity contribution in [2.75, 3.05) is 6.54 Å². The van der Waals surface area contributed by atoms with Gasteiger partial charge in [0.2, 0.25) is 23.6 Å². The van der Waals surface area contributed by atoms with Gasteiger partial charge in [-0.25, -0.2) is 4.79 Å². The van der Waals surface area contributed by atoms with Crippen LogP contribution in [0.1, 0.15) is 31.2 Å². The Labute approximate surface area is 223 Å². The van der Waals surface area contributed by atoms with Crippen LogP contribution in [0.4, 0.5) is 0 Å². The Morgan fingerprint density at radius 1 is 0.795 bits per heavy atom. The minimum atomic E-state index is -1.68. The third-order valence-corrected chi connectivity index (χ3v) is 5.25. The first kappa shape index (κ1) is 32.3. The van der Waals surface area contributed by atoms with Gasteiger partial charge in [-0.05, 0) is 24.8 Å². The highest BCUT2D eigenvalue weighted by molar-refractivity contribution is 5.96. The Morgan fingerprint density at radius 3 is 1.90 bits per heavy atom. The van der Waals surface area contributed by atoms with Gasteiger partial charge in [0.1, 0.15) is 18.1 Å². The Kier molecular flexibility index (Phi) is 13.4. The first-order chi connectivity index (χ1) is 18.3. The molecule has 214 valence electrons. The van der Waals surface area contributed by atoms with Gasteiger partial charge in [0.05, 0.1) is 18.9 Å². The van der Waals surface area contributed by atoms with Gasteiger partial charge in [0.15, 0.2) is 5.96 Å². The number of nitrogens with two attached hydrogens (primary N) is 4. The highest BCUT2D eigenvalue weighted by Crippen LogP contribution is 2.06. The second-order valence-electron chi connectivity index (χ2n) is 8.54. The maximum absolute atomic E-state index is 13.0. The quantitative estimate of drug-likeness (QED) is 0.0520. The van der Waals surface area contributed by atoms with Crippen LogP contribution in [0.2, 0.25) is 0 Å². The van der Waals surface area contributed by atoms with Crippen molar-refractivity contribution < 1.29 is 39.0 Å². The molecule has 0 aliphatic rings. The highest BCUT2D eigenvalue weighted by atomic mass is 16.4. The van der Waals surface area contributed by atoms with Crippen LogP contribution in [0.25, 0.3) is 0 Å². The van der Waals surface area contributed by atoms with E-state index >= 15 is 0 Å². The second-order valence-corrected chi connectivity index (χ2v) is 8.54. The average molecular weight is 551 g/mol. The third-order valence-electron chi connectivity index (χ3n) is 5.25. The van der Waals surface area contributed by atoms with Crippen molar-refractivity contribution in [1.29, 1.82) is 0 Å². The smallest absolute Gasteiger partial charge is 0.326 e. The van der Waals surface area contributed by atoms with Crippen LogP contribution >= 0.6 is 0 Å². The van der Waals surface area contributed by atoms with Crippen LogP contribution in [0.15, 0.2) is 35.3 Å². The van der Waals surface area contributed by atoms with Gasteiger partial charge in [0.25, 0.3) is 0 Å². The summed E-state index contributed by atoms with van der Waals surface area (Å²) in [7, 11) is 0. The lowest BCUT2D eigenvalue weighted by Gasteiger charge is -2.24. The molecule has 0 bridgehead atoms. The Hall–Kier alpha value is -4.73. The molecule has 0 saturated carbocycles. The zero-order valence-corrected chi connectivity index (χ0v) is 21.0. The van der Waals surface area contributed by atoms with Crippen molar-refractivity contribution in [3.05, 3.63) is 35.9 Å². The van der Waals surface area contributed by atoms with E-state index in [-0.39, 0.29) is 31.8 Å². The summed E-state index contributed by atoms with van der Waals surface area (Å²) in [6, 6.07) is 2.93. The number of carboxylic acid groups (broad SMARTS) is 2. The number of nitrogens with zero attached hydrogens (tertiary/aromatic N) is 1. The molecule has 13 N–H and O–H groups in total. The average Bonchev–Trinajstić information content (AvgIpc) is 2.84. The summed E-state index contributed by atoms with van der Waals surface area (Å²) < 4.78 is 0. The summed E-state index contributed by atoms with van der Waals surface area (Å²) in [4.78, 5) is 76.2. The third kappa shape index (κ3) is 12.9. The summed E-state index contributed by atoms with van der Waals surface area (Å²) in [5, 5.41) is 25.2. The molecule has 0 spiro atoms. The summed E-state index contributed by atoms with van der Waals surface area (Å²) >= 11 is 0. The van der Waals surface area contributed by atoms with E-state index in [1.165, 1.54) is 0 Å². The van der Waals surface area contributed by atoms with E-state index in [2.05, 4.69) is 20.9 Å². The number of hydrogen-bond acceptors (Lipinski definition) is 8. The van der Waals surface area contributed by atoms with Gasteiger partial charge in [-0.3, -0.25) is 29.0 Å². The molecule has 0 aliphatic heterocycles. The van der Waals surface area contributed by atoms with Crippen LogP contribution in [0.5, 0.6) is 0 Å². The Balaban J connectivity index is 3.04. The number of amides is 4. The number of aliphatic imine (C=N–C) groups is 1. The van der Waals surface area contributed by atoms with Crippen molar-refractivity contribution in [2.45, 2.75) is 56.3 Å². The van der Waals surface area contributed by atoms with E-state index in [0.717, 1.165) is 5.56 Å². The van der Waals surface area contributed by atoms with Crippen molar-refractivity contribution in [1.82, 2.24) is 16.0 Å². The number of carbonyl (C=O) groups excluding carboxylic acids is 4. The fourth-order valence-corrected chi connectivity index (χ4v) is 3.34. The highest BCUT2D eigenvalue weighted by Gasteiger charge is 2.31. The topological polar surface area (TPSA) is 295 Å². The summed E-state index contributed by atoms with van der Waals surface area (Å²) in [5.74, 6) is -7.02. The van der Waals surface area contributed by atoms with Gasteiger partial charge in [-0.2, -0.15) is 0 Å². The summed E-state index contributed by atoms with van der Waals surface area (Å²) in [6.45, 7) is 0.0509. The largest absolute Gasteiger partial charge is 0.481 e. The van der Waals surface area contributed by atoms with E-state index in [9.17, 15) is 39.0 Å². The Bertz CT molecular complexity index is 1060. The van der Waals surface area contributed by atoms with Gasteiger partial charge >= 0.3 is 11.9 Å². The summed E-state index contributed by atoms with van der Waals surface area (Å²) in [6.07, 6.45) is -1.41. The molecule has 1 aromatic carbocycles. The number of benzene rings is 1. The van der Waals surface area contributed by atoms with Gasteiger partial charge in [-0.15, -0.1) is 0 Å². The van der Waals surface area contributed by atoms with Crippen molar-refractivity contribution in [3.8, 4) is 0 Å². The molecule has 0 fully saturated rings. The fraction of sp³-hybridized carbons (Fsp3) is 0.435. The van der Waals surface area contributed by atoms with Crippen LogP contribution < -0.4 is 38.9 Å². The van der Waals surface area contributed by atoms with Crippen molar-refractivity contribution in [3.63, 3.8) is 0 Å². The molecule has 0 saturated heterocycles. The molecule has 1 aromatic rings. The number of carbonyl (C=O) groups is 6. The van der Waals surface area contributed by atoms with Crippen LogP contribution in [-0.2, 0) is 35.2 Å². The number of guanidine groups is 1. The van der Waals surface area contributed by atoms with Crippen molar-refractivity contribution in [2.24, 2.45) is 27.9 Å². The maximum Gasteiger partial charge on any atom is 0.326 e. The predicted octanol–water partition coefficient (Wildman–Crippen LogP) is -3.50. The van der Waals surface area contributed by atoms with Crippen LogP contribution in [-0.4, -0.2) is 82.5 Å². The normalized spacial score (nSPS) is 13.6. The number of nitrogens with one attached hydrogen (secondary N) is 3. The first-order valence-corrected chi connectivity index (χ1v) is 11.8. The molecule has 39 heavy (non-hydrogen) atoms. The molecule has 4 amide bonds. The minimum absolute atomic E-state index is 0.0509. The predicted molar refractivity (Wildman–Crippen MR) is 138 cm³/mol. The number of rotatable bonds is 17. The van der Waals surface area contributed by atoms with E-state index < -0.39 is 72.6 Å². The minimum Gasteiger partial charge on any atom is -0.481 e. The molecule has 0 radical (unpaired) electrons. The second kappa shape index (κ2) is 16.2. The number of carboxylic acids is 2. The standard InChI is InChI=1S/C23H34N8O8/c24-13(9-12-5-2-1-3-6-12)19(35)30-15(11-18(33)34)21(37)29-14(7-4-8-28-23(26)27)20(36)31-16(22(38)39)10-17(25)32/h1-3,5-6,13-16H,4,7-11,24H2,(H2,25,32)(H,29,37)(H,30,35)(H,31,36)(H,33,34)(H,38,39)(H4,26,27,28). The van der Waals surface area contributed by atoms with Gasteiger partial charge in [0, 0.05) is 6.54 Å². The number of hydrogen-bond donors (Lipinski definition) is 9. The Morgan fingerprint density at radius 2 is 1.36 bits per heavy atom. The number of aliphatic carboxylic acids is 2. The molecule has 16 nitrogen and oxygen atoms in total. The zero-order chi connectivity index (χ0) is 29.5. The fourth-order valence-electron chi connectivity index (χ4n) is 3.34. The van der Waals surface area contributed by atoms with Crippen LogP contribution in [0, 0.1) is 0 Å². The maximum atomic E-state index is 13.0. The molecule has 4 atom stereocenters. The van der Waals surface area contributed by atoms with Crippen molar-refractivity contribution >= 4 is 41.5 Å². The zero-order valence-electron chi connectivity index (χ0n) is 21.0. The molecule has 0 aromatic heterocycles. The SMILES string of the molecule is NC(=O)CC(NC(=O)C(CCCN=C(N)N)NC(=O)C(CC(=O)O)NC(=O)C(N)Cc1ccccc1)C(=O)O. The molecular weight excluding hydrogens is 516 g/mol. The molecule has 0 heterocycles. The lowest BCUT2D eigenvalue weighted by Crippen LogP contribution is -2.57.